The van der Waals surface area contributed by atoms with Crippen LogP contribution in [0.25, 0.3) is 0 Å². The summed E-state index contributed by atoms with van der Waals surface area (Å²) in [5.41, 5.74) is 1.18. The van der Waals surface area contributed by atoms with Gasteiger partial charge in [0.1, 0.15) is 0 Å². The van der Waals surface area contributed by atoms with E-state index in [-0.39, 0.29) is 0 Å². The molecule has 0 unspecified atom stereocenters. The fourth-order valence-corrected chi connectivity index (χ4v) is 3.33. The summed E-state index contributed by atoms with van der Waals surface area (Å²) >= 11 is 2.98. The molecule has 0 saturated carbocycles. The third kappa shape index (κ3) is 22.2. The van der Waals surface area contributed by atoms with Crippen LogP contribution >= 0.6 is 0 Å². The SMILES string of the molecule is C=C([C](=[Cr])OCc1ccccc1)[Si](C)(C)C.[C-]#[O+].[C-]#[O+].[C-]#[O+].[C-]#[O+].[C-]#[O+]. The molecule has 26 heavy (non-hydrogen) atoms. The molecule has 6 nitrogen and oxygen atoms in total. The van der Waals surface area contributed by atoms with Gasteiger partial charge >= 0.3 is 164 Å². The normalized spacial score (nSPS) is 7.27. The summed E-state index contributed by atoms with van der Waals surface area (Å²) in [6.45, 7) is 34.0. The molecule has 1 aromatic carbocycles. The van der Waals surface area contributed by atoms with Crippen LogP contribution in [0.1, 0.15) is 5.56 Å². The summed E-state index contributed by atoms with van der Waals surface area (Å²) < 4.78 is 44.1. The Labute approximate surface area is 163 Å². The van der Waals surface area contributed by atoms with Crippen molar-refractivity contribution in [1.29, 1.82) is 0 Å². The molecule has 0 fully saturated rings. The van der Waals surface area contributed by atoms with E-state index in [4.69, 9.17) is 28.0 Å². The van der Waals surface area contributed by atoms with Crippen molar-refractivity contribution >= 4 is 12.6 Å². The topological polar surface area (TPSA) is 109 Å². The number of ether oxygens (including phenoxy) is 1. The van der Waals surface area contributed by atoms with E-state index in [1.165, 1.54) is 5.56 Å². The fraction of sp³-hybridized carbons (Fsp3) is 0.222. The average molecular weight is 410 g/mol. The van der Waals surface area contributed by atoms with E-state index in [2.05, 4.69) is 87.5 Å². The molecule has 0 radical (unpaired) electrons. The van der Waals surface area contributed by atoms with Crippen LogP contribution in [0.3, 0.4) is 0 Å². The van der Waals surface area contributed by atoms with Gasteiger partial charge < -0.3 is 0 Å². The van der Waals surface area contributed by atoms with Crippen molar-refractivity contribution in [2.24, 2.45) is 0 Å². The van der Waals surface area contributed by atoms with E-state index < -0.39 is 8.07 Å². The van der Waals surface area contributed by atoms with Crippen LogP contribution in [-0.4, -0.2) is 12.6 Å². The predicted octanol–water partition coefficient (Wildman–Crippen LogP) is 3.13. The second kappa shape index (κ2) is 28.1. The Hall–Kier alpha value is -1.76. The molecule has 0 bridgehead atoms. The second-order valence-corrected chi connectivity index (χ2v) is 10.5. The van der Waals surface area contributed by atoms with Gasteiger partial charge in [-0.25, -0.2) is 0 Å². The first kappa shape index (κ1) is 35.4. The van der Waals surface area contributed by atoms with Gasteiger partial charge in [0.2, 0.25) is 0 Å². The zero-order valence-corrected chi connectivity index (χ0v) is 16.9. The molecule has 0 saturated heterocycles. The number of hydrogen-bond acceptors (Lipinski definition) is 1. The van der Waals surface area contributed by atoms with Crippen molar-refractivity contribution in [1.82, 2.24) is 0 Å². The molecule has 0 amide bonds. The Bertz CT molecular complexity index is 545. The van der Waals surface area contributed by atoms with Gasteiger partial charge in [-0.2, -0.15) is 0 Å². The Kier molecular flexibility index (Phi) is 38.2. The minimum atomic E-state index is -1.35. The third-order valence-electron chi connectivity index (χ3n) is 2.36. The molecule has 0 atom stereocenters. The third-order valence-corrected chi connectivity index (χ3v) is 5.27. The first-order valence-corrected chi connectivity index (χ1v) is 10.5. The summed E-state index contributed by atoms with van der Waals surface area (Å²) in [5.74, 6) is 0. The van der Waals surface area contributed by atoms with Gasteiger partial charge in [-0.05, 0) is 0 Å². The van der Waals surface area contributed by atoms with Crippen LogP contribution in [0.5, 0.6) is 0 Å². The van der Waals surface area contributed by atoms with Gasteiger partial charge in [0.15, 0.2) is 0 Å². The van der Waals surface area contributed by atoms with E-state index in [0.29, 0.717) is 6.61 Å². The summed E-state index contributed by atoms with van der Waals surface area (Å²) in [6, 6.07) is 10.2. The molecule has 0 aromatic heterocycles. The van der Waals surface area contributed by atoms with Gasteiger partial charge in [0, 0.05) is 0 Å². The van der Waals surface area contributed by atoms with Crippen molar-refractivity contribution in [2.45, 2.75) is 26.2 Å². The number of hydrogen-bond donors (Lipinski definition) is 0. The van der Waals surface area contributed by atoms with Crippen molar-refractivity contribution in [3.63, 3.8) is 0 Å². The van der Waals surface area contributed by atoms with Crippen molar-refractivity contribution < 1.29 is 43.8 Å². The second-order valence-electron chi connectivity index (χ2n) is 4.79. The molecule has 1 rings (SSSR count). The summed E-state index contributed by atoms with van der Waals surface area (Å²) in [7, 11) is -1.35. The first-order valence-electron chi connectivity index (χ1n) is 6.34. The zero-order valence-electron chi connectivity index (χ0n) is 14.7. The van der Waals surface area contributed by atoms with Crippen LogP contribution in [0.4, 0.5) is 0 Å². The molecule has 1 aromatic rings. The van der Waals surface area contributed by atoms with Gasteiger partial charge in [0.25, 0.3) is 0 Å². The van der Waals surface area contributed by atoms with E-state index in [9.17, 15) is 0 Å². The van der Waals surface area contributed by atoms with Gasteiger partial charge in [-0.15, -0.1) is 0 Å². The Balaban J connectivity index is -0.000000127. The maximum atomic E-state index is 7.50. The monoisotopic (exact) mass is 410 g/mol. The van der Waals surface area contributed by atoms with Crippen LogP contribution in [0, 0.1) is 33.3 Å². The Morgan fingerprint density at radius 2 is 1.23 bits per heavy atom. The molecule has 0 aliphatic rings. The molecule has 0 aliphatic carbocycles. The molecule has 8 heteroatoms. The summed E-state index contributed by atoms with van der Waals surface area (Å²) in [5, 5.41) is 1.14. The summed E-state index contributed by atoms with van der Waals surface area (Å²) in [6.07, 6.45) is 0. The Morgan fingerprint density at radius 1 is 0.885 bits per heavy atom. The predicted molar refractivity (Wildman–Crippen MR) is 88.4 cm³/mol. The van der Waals surface area contributed by atoms with Crippen molar-refractivity contribution in [3.8, 4) is 0 Å². The molecule has 0 N–H and O–H groups in total. The molecule has 136 valence electrons. The molecular weight excluding hydrogens is 392 g/mol. The molecule has 0 aliphatic heterocycles. The van der Waals surface area contributed by atoms with E-state index in [0.717, 1.165) is 9.76 Å². The van der Waals surface area contributed by atoms with E-state index >= 15 is 0 Å². The van der Waals surface area contributed by atoms with Crippen LogP contribution in [0.15, 0.2) is 42.1 Å². The van der Waals surface area contributed by atoms with Gasteiger partial charge in [0.05, 0.1) is 0 Å². The minimum absolute atomic E-state index is 0.604. The van der Waals surface area contributed by atoms with Crippen LogP contribution in [0.2, 0.25) is 19.6 Å². The number of rotatable bonds is 5. The standard InChI is InChI=1S/C13H18OSi.5CO.Cr/c1-12(15(2,3)4)10-14-11-13-8-6-5-7-9-13;5*1-2;/h5-9H,1,11H2,2-4H3;;;;;;. The zero-order chi connectivity index (χ0) is 22.2. The van der Waals surface area contributed by atoms with Crippen LogP contribution < -0.4 is 0 Å². The first-order chi connectivity index (χ1) is 12.4. The molecule has 0 spiro atoms. The average Bonchev–Trinajstić information content (AvgIpc) is 2.73. The van der Waals surface area contributed by atoms with Crippen LogP contribution in [-0.2, 0) is 50.5 Å². The van der Waals surface area contributed by atoms with Gasteiger partial charge in [-0.1, -0.05) is 0 Å². The van der Waals surface area contributed by atoms with E-state index in [1.807, 2.05) is 18.2 Å². The Morgan fingerprint density at radius 3 is 1.54 bits per heavy atom. The van der Waals surface area contributed by atoms with Crippen molar-refractivity contribution in [3.05, 3.63) is 80.9 Å². The number of benzene rings is 1. The maximum absolute atomic E-state index is 7.50. The molecule has 0 heterocycles. The molecular formula is C18H18CrO6Si. The summed E-state index contributed by atoms with van der Waals surface area (Å²) in [4.78, 5) is 0. The fourth-order valence-electron chi connectivity index (χ4n) is 1.12. The van der Waals surface area contributed by atoms with Crippen molar-refractivity contribution in [2.75, 3.05) is 0 Å². The van der Waals surface area contributed by atoms with Gasteiger partial charge in [-0.3, -0.25) is 0 Å². The quantitative estimate of drug-likeness (QED) is 0.415. The van der Waals surface area contributed by atoms with E-state index in [1.54, 1.807) is 0 Å².